The van der Waals surface area contributed by atoms with Crippen LogP contribution < -0.4 is 5.30 Å². The van der Waals surface area contributed by atoms with Crippen molar-refractivity contribution < 1.29 is 0 Å². The van der Waals surface area contributed by atoms with Gasteiger partial charge in [0, 0.05) is 0 Å². The first kappa shape index (κ1) is 12.1. The van der Waals surface area contributed by atoms with E-state index in [4.69, 9.17) is 0 Å². The van der Waals surface area contributed by atoms with Crippen molar-refractivity contribution in [1.82, 2.24) is 0 Å². The van der Waals surface area contributed by atoms with E-state index in [1.807, 2.05) is 0 Å². The van der Waals surface area contributed by atoms with E-state index in [1.165, 1.54) is 27.6 Å². The van der Waals surface area contributed by atoms with Crippen LogP contribution in [0.5, 0.6) is 0 Å². The molecule has 0 aromatic heterocycles. The second kappa shape index (κ2) is 5.38. The van der Waals surface area contributed by atoms with Crippen molar-refractivity contribution in [3.8, 4) is 22.3 Å². The van der Waals surface area contributed by atoms with Gasteiger partial charge >= 0.3 is 0 Å². The molecule has 0 aliphatic rings. The lowest BCUT2D eigenvalue weighted by Crippen LogP contribution is -1.96. The fourth-order valence-electron chi connectivity index (χ4n) is 2.33. The van der Waals surface area contributed by atoms with E-state index < -0.39 is 0 Å². The summed E-state index contributed by atoms with van der Waals surface area (Å²) in [5.74, 6) is 0. The van der Waals surface area contributed by atoms with Crippen molar-refractivity contribution in [1.29, 1.82) is 0 Å². The molecule has 0 saturated heterocycles. The molecular weight excluding hydrogens is 247 g/mol. The number of hydrogen-bond acceptors (Lipinski definition) is 0. The van der Waals surface area contributed by atoms with Crippen LogP contribution in [0.15, 0.2) is 78.9 Å². The fraction of sp³-hybridized carbons (Fsp3) is 0. The molecule has 19 heavy (non-hydrogen) atoms. The molecule has 1 heteroatoms. The largest absolute Gasteiger partial charge is 0.105 e. The number of benzene rings is 3. The Labute approximate surface area is 116 Å². The summed E-state index contributed by atoms with van der Waals surface area (Å²) in [5.41, 5.74) is 5.08. The van der Waals surface area contributed by atoms with Gasteiger partial charge < -0.3 is 0 Å². The van der Waals surface area contributed by atoms with Crippen LogP contribution in [-0.4, -0.2) is 0 Å². The molecule has 1 unspecified atom stereocenters. The Kier molecular flexibility index (Phi) is 3.44. The lowest BCUT2D eigenvalue weighted by atomic mass is 9.95. The Morgan fingerprint density at radius 2 is 1.00 bits per heavy atom. The van der Waals surface area contributed by atoms with Crippen molar-refractivity contribution in [3.05, 3.63) is 78.9 Å². The standard InChI is InChI=1S/C18H15P/c19-18-13-7-6-12-17(18)16-11-5-4-10-15(16)14-8-2-1-3-9-14/h1-13H,19H2. The van der Waals surface area contributed by atoms with Crippen LogP contribution in [0.1, 0.15) is 0 Å². The van der Waals surface area contributed by atoms with Crippen LogP contribution >= 0.6 is 9.24 Å². The lowest BCUT2D eigenvalue weighted by Gasteiger charge is -2.12. The summed E-state index contributed by atoms with van der Waals surface area (Å²) in [6.07, 6.45) is 0. The molecule has 0 nitrogen and oxygen atoms in total. The molecule has 0 radical (unpaired) electrons. The second-order valence-electron chi connectivity index (χ2n) is 4.50. The highest BCUT2D eigenvalue weighted by atomic mass is 31.0. The average Bonchev–Trinajstić information content (AvgIpc) is 2.49. The minimum absolute atomic E-state index is 1.23. The highest BCUT2D eigenvalue weighted by molar-refractivity contribution is 7.28. The molecule has 3 rings (SSSR count). The Bertz CT molecular complexity index is 687. The van der Waals surface area contributed by atoms with Gasteiger partial charge in [0.1, 0.15) is 0 Å². The minimum Gasteiger partial charge on any atom is -0.105 e. The SMILES string of the molecule is Pc1ccccc1-c1ccccc1-c1ccccc1. The van der Waals surface area contributed by atoms with Gasteiger partial charge in [-0.1, -0.05) is 78.9 Å². The molecule has 3 aromatic rings. The second-order valence-corrected chi connectivity index (χ2v) is 5.12. The zero-order valence-electron chi connectivity index (χ0n) is 10.6. The van der Waals surface area contributed by atoms with Crippen molar-refractivity contribution >= 4 is 14.5 Å². The minimum atomic E-state index is 1.23. The molecular formula is C18H15P. The smallest absolute Gasteiger partial charge is 0.00992 e. The summed E-state index contributed by atoms with van der Waals surface area (Å²) in [7, 11) is 2.82. The maximum Gasteiger partial charge on any atom is -0.00992 e. The van der Waals surface area contributed by atoms with E-state index in [2.05, 4.69) is 88.1 Å². The van der Waals surface area contributed by atoms with Crippen LogP contribution in [0.3, 0.4) is 0 Å². The quantitative estimate of drug-likeness (QED) is 0.596. The van der Waals surface area contributed by atoms with Gasteiger partial charge in [-0.25, -0.2) is 0 Å². The zero-order valence-corrected chi connectivity index (χ0v) is 11.7. The third-order valence-corrected chi connectivity index (χ3v) is 3.77. The molecule has 1 atom stereocenters. The van der Waals surface area contributed by atoms with E-state index in [0.29, 0.717) is 0 Å². The highest BCUT2D eigenvalue weighted by Crippen LogP contribution is 2.31. The van der Waals surface area contributed by atoms with E-state index in [1.54, 1.807) is 0 Å². The molecule has 0 amide bonds. The van der Waals surface area contributed by atoms with Gasteiger partial charge in [-0.2, -0.15) is 0 Å². The van der Waals surface area contributed by atoms with Gasteiger partial charge in [0.05, 0.1) is 0 Å². The van der Waals surface area contributed by atoms with Gasteiger partial charge in [-0.05, 0) is 27.6 Å². The molecule has 0 spiro atoms. The molecule has 92 valence electrons. The van der Waals surface area contributed by atoms with Gasteiger partial charge in [0.25, 0.3) is 0 Å². The molecule has 0 aliphatic heterocycles. The Morgan fingerprint density at radius 1 is 0.474 bits per heavy atom. The highest BCUT2D eigenvalue weighted by Gasteiger charge is 2.07. The van der Waals surface area contributed by atoms with Crippen LogP contribution in [-0.2, 0) is 0 Å². The van der Waals surface area contributed by atoms with Gasteiger partial charge in [-0.3, -0.25) is 0 Å². The first-order chi connectivity index (χ1) is 9.36. The summed E-state index contributed by atoms with van der Waals surface area (Å²) in [6.45, 7) is 0. The monoisotopic (exact) mass is 262 g/mol. The third kappa shape index (κ3) is 2.45. The van der Waals surface area contributed by atoms with Crippen LogP contribution in [0.25, 0.3) is 22.3 Å². The van der Waals surface area contributed by atoms with Crippen molar-refractivity contribution in [3.63, 3.8) is 0 Å². The van der Waals surface area contributed by atoms with Crippen LogP contribution in [0, 0.1) is 0 Å². The summed E-state index contributed by atoms with van der Waals surface area (Å²) in [5, 5.41) is 1.23. The van der Waals surface area contributed by atoms with Gasteiger partial charge in [-0.15, -0.1) is 9.24 Å². The average molecular weight is 262 g/mol. The van der Waals surface area contributed by atoms with Crippen molar-refractivity contribution in [2.45, 2.75) is 0 Å². The normalized spacial score (nSPS) is 10.4. The molecule has 0 heterocycles. The Balaban J connectivity index is 2.21. The van der Waals surface area contributed by atoms with Crippen molar-refractivity contribution in [2.24, 2.45) is 0 Å². The van der Waals surface area contributed by atoms with Crippen LogP contribution in [0.2, 0.25) is 0 Å². The number of hydrogen-bond donors (Lipinski definition) is 0. The molecule has 3 aromatic carbocycles. The maximum atomic E-state index is 2.82. The van der Waals surface area contributed by atoms with Crippen molar-refractivity contribution in [2.75, 3.05) is 0 Å². The van der Waals surface area contributed by atoms with E-state index in [-0.39, 0.29) is 0 Å². The Morgan fingerprint density at radius 3 is 1.68 bits per heavy atom. The first-order valence-electron chi connectivity index (χ1n) is 6.35. The molecule has 0 N–H and O–H groups in total. The predicted octanol–water partition coefficient (Wildman–Crippen LogP) is 4.52. The molecule has 0 fully saturated rings. The Hall–Kier alpha value is -1.91. The van der Waals surface area contributed by atoms with Gasteiger partial charge in [0.2, 0.25) is 0 Å². The van der Waals surface area contributed by atoms with Crippen LogP contribution in [0.4, 0.5) is 0 Å². The van der Waals surface area contributed by atoms with E-state index >= 15 is 0 Å². The summed E-state index contributed by atoms with van der Waals surface area (Å²) < 4.78 is 0. The number of rotatable bonds is 2. The molecule has 0 saturated carbocycles. The first-order valence-corrected chi connectivity index (χ1v) is 6.93. The summed E-state index contributed by atoms with van der Waals surface area (Å²) in [6, 6.07) is 27.5. The van der Waals surface area contributed by atoms with E-state index in [9.17, 15) is 0 Å². The topological polar surface area (TPSA) is 0 Å². The molecule has 0 aliphatic carbocycles. The fourth-order valence-corrected chi connectivity index (χ4v) is 2.69. The predicted molar refractivity (Wildman–Crippen MR) is 86.7 cm³/mol. The third-order valence-electron chi connectivity index (χ3n) is 3.26. The zero-order chi connectivity index (χ0) is 13.1. The maximum absolute atomic E-state index is 2.82. The van der Waals surface area contributed by atoms with E-state index in [0.717, 1.165) is 0 Å². The lowest BCUT2D eigenvalue weighted by molar-refractivity contribution is 1.60. The van der Waals surface area contributed by atoms with Gasteiger partial charge in [0.15, 0.2) is 0 Å². The summed E-state index contributed by atoms with van der Waals surface area (Å²) >= 11 is 0. The molecule has 0 bridgehead atoms. The summed E-state index contributed by atoms with van der Waals surface area (Å²) in [4.78, 5) is 0.